The van der Waals surface area contributed by atoms with Gasteiger partial charge in [-0.15, -0.1) is 0 Å². The fraction of sp³-hybridized carbons (Fsp3) is 0.529. The molecule has 1 aromatic rings. The monoisotopic (exact) mass is 307 g/mol. The first-order valence-electron chi connectivity index (χ1n) is 7.60. The number of hydrogen-bond acceptors (Lipinski definition) is 5. The van der Waals surface area contributed by atoms with Crippen molar-refractivity contribution in [3.05, 3.63) is 30.1 Å². The molecule has 0 unspecified atom stereocenters. The number of ketones is 2. The molecule has 0 saturated carbocycles. The van der Waals surface area contributed by atoms with Gasteiger partial charge in [0.15, 0.2) is 0 Å². The third-order valence-corrected chi connectivity index (χ3v) is 2.78. The Kier molecular flexibility index (Phi) is 11.5. The van der Waals surface area contributed by atoms with Gasteiger partial charge in [-0.2, -0.15) is 0 Å². The van der Waals surface area contributed by atoms with Crippen molar-refractivity contribution < 1.29 is 19.1 Å². The van der Waals surface area contributed by atoms with Crippen LogP contribution in [-0.4, -0.2) is 29.1 Å². The van der Waals surface area contributed by atoms with E-state index in [0.29, 0.717) is 37.3 Å². The molecule has 0 aliphatic rings. The van der Waals surface area contributed by atoms with Crippen molar-refractivity contribution in [1.82, 2.24) is 4.98 Å². The van der Waals surface area contributed by atoms with Crippen LogP contribution >= 0.6 is 0 Å². The average molecular weight is 307 g/mol. The van der Waals surface area contributed by atoms with E-state index in [1.165, 1.54) is 0 Å². The molecule has 0 amide bonds. The summed E-state index contributed by atoms with van der Waals surface area (Å²) < 4.78 is 4.73. The maximum absolute atomic E-state index is 11.0. The van der Waals surface area contributed by atoms with Crippen molar-refractivity contribution in [3.8, 4) is 0 Å². The number of unbranched alkanes of at least 4 members (excludes halogenated alkanes) is 1. The number of carbonyl (C=O) groups is 3. The molecule has 0 atom stereocenters. The minimum absolute atomic E-state index is 0.217. The molecular formula is C17H25NO4. The summed E-state index contributed by atoms with van der Waals surface area (Å²) in [6.07, 6.45) is 5.18. The predicted octanol–water partition coefficient (Wildman–Crippen LogP) is 3.37. The van der Waals surface area contributed by atoms with E-state index in [1.54, 1.807) is 38.2 Å². The number of hydrogen-bond donors (Lipinski definition) is 0. The number of Topliss-reactive ketones (excluding diaryl/α,β-unsaturated/α-hetero) is 2. The molecule has 0 radical (unpaired) electrons. The highest BCUT2D eigenvalue weighted by molar-refractivity contribution is 5.87. The van der Waals surface area contributed by atoms with E-state index in [4.69, 9.17) is 4.74 Å². The van der Waals surface area contributed by atoms with Crippen LogP contribution < -0.4 is 0 Å². The van der Waals surface area contributed by atoms with Gasteiger partial charge in [-0.05, 0) is 38.8 Å². The average Bonchev–Trinajstić information content (AvgIpc) is 2.53. The van der Waals surface area contributed by atoms with E-state index in [9.17, 15) is 14.4 Å². The van der Waals surface area contributed by atoms with Crippen LogP contribution in [0, 0.1) is 0 Å². The number of nitrogens with zero attached hydrogens (tertiary/aromatic N) is 1. The molecule has 0 aromatic carbocycles. The van der Waals surface area contributed by atoms with Gasteiger partial charge in [-0.25, -0.2) is 9.78 Å². The maximum Gasteiger partial charge on any atom is 0.356 e. The SMILES string of the molecule is CCC(=O)CCCCC(C)=O.CCOC(=O)c1ccccn1. The van der Waals surface area contributed by atoms with Crippen LogP contribution in [-0.2, 0) is 14.3 Å². The number of esters is 1. The minimum Gasteiger partial charge on any atom is -0.461 e. The Balaban J connectivity index is 0.000000401. The number of carbonyl (C=O) groups excluding carboxylic acids is 3. The van der Waals surface area contributed by atoms with Crippen molar-refractivity contribution in [2.45, 2.75) is 52.9 Å². The van der Waals surface area contributed by atoms with Crippen molar-refractivity contribution in [1.29, 1.82) is 0 Å². The zero-order chi connectivity index (χ0) is 16.8. The predicted molar refractivity (Wildman–Crippen MR) is 84.6 cm³/mol. The Hall–Kier alpha value is -2.04. The third kappa shape index (κ3) is 10.7. The molecule has 0 aliphatic carbocycles. The topological polar surface area (TPSA) is 73.3 Å². The number of aromatic nitrogens is 1. The van der Waals surface area contributed by atoms with E-state index in [1.807, 2.05) is 6.92 Å². The number of ether oxygens (including phenoxy) is 1. The van der Waals surface area contributed by atoms with Gasteiger partial charge in [-0.1, -0.05) is 13.0 Å². The summed E-state index contributed by atoms with van der Waals surface area (Å²) in [5, 5.41) is 0. The summed E-state index contributed by atoms with van der Waals surface area (Å²) in [5.41, 5.74) is 0.356. The van der Waals surface area contributed by atoms with Gasteiger partial charge in [0.25, 0.3) is 0 Å². The fourth-order valence-electron chi connectivity index (χ4n) is 1.56. The molecule has 0 aliphatic heterocycles. The van der Waals surface area contributed by atoms with Crippen LogP contribution in [0.15, 0.2) is 24.4 Å². The molecule has 0 spiro atoms. The highest BCUT2D eigenvalue weighted by Gasteiger charge is 2.04. The number of rotatable bonds is 8. The molecule has 22 heavy (non-hydrogen) atoms. The Morgan fingerprint density at radius 2 is 1.77 bits per heavy atom. The smallest absolute Gasteiger partial charge is 0.356 e. The first-order valence-corrected chi connectivity index (χ1v) is 7.60. The summed E-state index contributed by atoms with van der Waals surface area (Å²) in [7, 11) is 0. The largest absolute Gasteiger partial charge is 0.461 e. The molecule has 0 N–H and O–H groups in total. The van der Waals surface area contributed by atoms with Gasteiger partial charge in [0, 0.05) is 25.5 Å². The van der Waals surface area contributed by atoms with Crippen molar-refractivity contribution >= 4 is 17.5 Å². The highest BCUT2D eigenvalue weighted by atomic mass is 16.5. The van der Waals surface area contributed by atoms with Crippen LogP contribution in [0.3, 0.4) is 0 Å². The van der Waals surface area contributed by atoms with Crippen LogP contribution in [0.2, 0.25) is 0 Å². The van der Waals surface area contributed by atoms with E-state index >= 15 is 0 Å². The van der Waals surface area contributed by atoms with Crippen LogP contribution in [0.25, 0.3) is 0 Å². The second-order valence-electron chi connectivity index (χ2n) is 4.74. The highest BCUT2D eigenvalue weighted by Crippen LogP contribution is 2.02. The van der Waals surface area contributed by atoms with Crippen molar-refractivity contribution in [2.75, 3.05) is 6.61 Å². The van der Waals surface area contributed by atoms with Gasteiger partial charge in [-0.3, -0.25) is 4.79 Å². The van der Waals surface area contributed by atoms with Gasteiger partial charge in [0.2, 0.25) is 0 Å². The second-order valence-corrected chi connectivity index (χ2v) is 4.74. The lowest BCUT2D eigenvalue weighted by molar-refractivity contribution is -0.120. The van der Waals surface area contributed by atoms with E-state index < -0.39 is 0 Å². The lowest BCUT2D eigenvalue weighted by Crippen LogP contribution is -2.05. The lowest BCUT2D eigenvalue weighted by atomic mass is 10.1. The molecule has 1 aromatic heterocycles. The molecule has 5 nitrogen and oxygen atoms in total. The van der Waals surface area contributed by atoms with E-state index in [2.05, 4.69) is 4.98 Å². The molecule has 5 heteroatoms. The quantitative estimate of drug-likeness (QED) is 0.544. The number of pyridine rings is 1. The zero-order valence-electron chi connectivity index (χ0n) is 13.6. The standard InChI is InChI=1S/C9H16O2.C8H9NO2/c1-3-9(11)7-5-4-6-8(2)10;1-2-11-8(10)7-5-3-4-6-9-7/h3-7H2,1-2H3;3-6H,2H2,1H3. The summed E-state index contributed by atoms with van der Waals surface area (Å²) in [6, 6.07) is 5.12. The fourth-order valence-corrected chi connectivity index (χ4v) is 1.56. The Labute approximate surface area is 132 Å². The maximum atomic E-state index is 11.0. The summed E-state index contributed by atoms with van der Waals surface area (Å²) in [4.78, 5) is 36.0. The first kappa shape index (κ1) is 20.0. The molecular weight excluding hydrogens is 282 g/mol. The normalized spacial score (nSPS) is 9.41. The second kappa shape index (κ2) is 12.7. The van der Waals surface area contributed by atoms with Crippen molar-refractivity contribution in [3.63, 3.8) is 0 Å². The van der Waals surface area contributed by atoms with Crippen LogP contribution in [0.4, 0.5) is 0 Å². The Bertz CT molecular complexity index is 457. The Morgan fingerprint density at radius 1 is 1.09 bits per heavy atom. The molecule has 122 valence electrons. The Morgan fingerprint density at radius 3 is 2.27 bits per heavy atom. The summed E-state index contributed by atoms with van der Waals surface area (Å²) in [5.74, 6) is 0.149. The molecule has 0 fully saturated rings. The minimum atomic E-state index is -0.367. The van der Waals surface area contributed by atoms with Crippen LogP contribution in [0.5, 0.6) is 0 Å². The molecule has 1 heterocycles. The summed E-state index contributed by atoms with van der Waals surface area (Å²) >= 11 is 0. The van der Waals surface area contributed by atoms with Gasteiger partial charge in [0.05, 0.1) is 6.61 Å². The van der Waals surface area contributed by atoms with Gasteiger partial charge in [0.1, 0.15) is 17.3 Å². The first-order chi connectivity index (χ1) is 10.5. The van der Waals surface area contributed by atoms with E-state index in [0.717, 1.165) is 12.8 Å². The summed E-state index contributed by atoms with van der Waals surface area (Å²) in [6.45, 7) is 5.60. The molecule has 0 bridgehead atoms. The lowest BCUT2D eigenvalue weighted by Gasteiger charge is -1.98. The van der Waals surface area contributed by atoms with Gasteiger partial charge < -0.3 is 9.53 Å². The zero-order valence-corrected chi connectivity index (χ0v) is 13.6. The van der Waals surface area contributed by atoms with Crippen molar-refractivity contribution in [2.24, 2.45) is 0 Å². The third-order valence-electron chi connectivity index (χ3n) is 2.78. The van der Waals surface area contributed by atoms with Gasteiger partial charge >= 0.3 is 5.97 Å². The van der Waals surface area contributed by atoms with Crippen LogP contribution in [0.1, 0.15) is 63.4 Å². The van der Waals surface area contributed by atoms with E-state index in [-0.39, 0.29) is 11.8 Å². The molecule has 1 rings (SSSR count). The molecule has 0 saturated heterocycles.